The summed E-state index contributed by atoms with van der Waals surface area (Å²) >= 11 is 0. The summed E-state index contributed by atoms with van der Waals surface area (Å²) in [4.78, 5) is 13.1. The van der Waals surface area contributed by atoms with Crippen molar-refractivity contribution in [2.75, 3.05) is 13.1 Å². The van der Waals surface area contributed by atoms with Gasteiger partial charge < -0.3 is 9.64 Å². The molecular formula is C13H13N3O2. The molecule has 0 fully saturated rings. The summed E-state index contributed by atoms with van der Waals surface area (Å²) in [5, 5.41) is 17.2. The Balaban J connectivity index is 2.65. The number of benzene rings is 1. The smallest absolute Gasteiger partial charge is 0.265 e. The first-order valence-electron chi connectivity index (χ1n) is 5.43. The van der Waals surface area contributed by atoms with Crippen LogP contribution in [0.5, 0.6) is 5.75 Å². The summed E-state index contributed by atoms with van der Waals surface area (Å²) in [5.41, 5.74) is 0. The van der Waals surface area contributed by atoms with Crippen LogP contribution in [0.4, 0.5) is 0 Å². The fraction of sp³-hybridized carbons (Fsp3) is 0.308. The molecule has 1 rings (SSSR count). The molecule has 92 valence electrons. The van der Waals surface area contributed by atoms with Gasteiger partial charge in [0.2, 0.25) is 0 Å². The number of rotatable bonds is 5. The number of amides is 1. The molecule has 1 aromatic carbocycles. The highest BCUT2D eigenvalue weighted by atomic mass is 16.5. The predicted molar refractivity (Wildman–Crippen MR) is 64.3 cm³/mol. The molecule has 1 aromatic rings. The number of ether oxygens (including phenoxy) is 1. The number of hydrogen-bond acceptors (Lipinski definition) is 4. The fourth-order valence-corrected chi connectivity index (χ4v) is 1.39. The molecule has 5 heteroatoms. The van der Waals surface area contributed by atoms with Crippen molar-refractivity contribution in [3.05, 3.63) is 30.3 Å². The largest absolute Gasteiger partial charge is 0.481 e. The molecule has 0 aliphatic heterocycles. The fourth-order valence-electron chi connectivity index (χ4n) is 1.39. The number of nitriles is 2. The second-order valence-corrected chi connectivity index (χ2v) is 3.58. The zero-order valence-corrected chi connectivity index (χ0v) is 10.0. The molecular weight excluding hydrogens is 230 g/mol. The van der Waals surface area contributed by atoms with Crippen molar-refractivity contribution in [1.29, 1.82) is 10.5 Å². The minimum atomic E-state index is -0.728. The Morgan fingerprint density at radius 3 is 2.33 bits per heavy atom. The van der Waals surface area contributed by atoms with Crippen molar-refractivity contribution in [3.63, 3.8) is 0 Å². The minimum Gasteiger partial charge on any atom is -0.481 e. The van der Waals surface area contributed by atoms with E-state index in [0.717, 1.165) is 4.90 Å². The molecule has 0 bridgehead atoms. The quantitative estimate of drug-likeness (QED) is 0.731. The number of hydrogen-bond donors (Lipinski definition) is 0. The normalized spacial score (nSPS) is 10.8. The van der Waals surface area contributed by atoms with Crippen molar-refractivity contribution >= 4 is 5.91 Å². The van der Waals surface area contributed by atoms with Crippen LogP contribution in [0.2, 0.25) is 0 Å². The van der Waals surface area contributed by atoms with Gasteiger partial charge in [-0.1, -0.05) is 18.2 Å². The average Bonchev–Trinajstić information content (AvgIpc) is 2.39. The Labute approximate surface area is 106 Å². The molecule has 0 aliphatic carbocycles. The van der Waals surface area contributed by atoms with E-state index in [1.165, 1.54) is 0 Å². The summed E-state index contributed by atoms with van der Waals surface area (Å²) in [6.45, 7) is 1.36. The van der Waals surface area contributed by atoms with E-state index in [4.69, 9.17) is 15.3 Å². The maximum atomic E-state index is 11.9. The van der Waals surface area contributed by atoms with Crippen LogP contribution < -0.4 is 4.74 Å². The predicted octanol–water partition coefficient (Wildman–Crippen LogP) is 1.33. The van der Waals surface area contributed by atoms with Gasteiger partial charge in [-0.2, -0.15) is 10.5 Å². The van der Waals surface area contributed by atoms with Gasteiger partial charge in [0.15, 0.2) is 6.10 Å². The van der Waals surface area contributed by atoms with Crippen LogP contribution in [-0.2, 0) is 4.79 Å². The summed E-state index contributed by atoms with van der Waals surface area (Å²) in [6.07, 6.45) is -0.728. The Hall–Kier alpha value is -2.53. The van der Waals surface area contributed by atoms with Gasteiger partial charge >= 0.3 is 0 Å². The first kappa shape index (κ1) is 13.5. The zero-order chi connectivity index (χ0) is 13.4. The van der Waals surface area contributed by atoms with E-state index in [1.807, 2.05) is 18.2 Å². The minimum absolute atomic E-state index is 0.116. The van der Waals surface area contributed by atoms with E-state index >= 15 is 0 Å². The Morgan fingerprint density at radius 1 is 1.28 bits per heavy atom. The van der Waals surface area contributed by atoms with Crippen LogP contribution in [0.3, 0.4) is 0 Å². The van der Waals surface area contributed by atoms with E-state index in [0.29, 0.717) is 5.75 Å². The summed E-state index contributed by atoms with van der Waals surface area (Å²) in [6, 6.07) is 12.6. The van der Waals surface area contributed by atoms with Crippen LogP contribution in [-0.4, -0.2) is 30.0 Å². The van der Waals surface area contributed by atoms with Crippen molar-refractivity contribution in [2.45, 2.75) is 13.0 Å². The highest BCUT2D eigenvalue weighted by molar-refractivity contribution is 5.81. The molecule has 18 heavy (non-hydrogen) atoms. The molecule has 0 spiro atoms. The third kappa shape index (κ3) is 3.80. The van der Waals surface area contributed by atoms with Gasteiger partial charge in [-0.15, -0.1) is 0 Å². The van der Waals surface area contributed by atoms with Crippen molar-refractivity contribution in [1.82, 2.24) is 4.90 Å². The van der Waals surface area contributed by atoms with Crippen LogP contribution >= 0.6 is 0 Å². The molecule has 0 aliphatic rings. The monoisotopic (exact) mass is 243 g/mol. The number of nitrogens with zero attached hydrogens (tertiary/aromatic N) is 3. The molecule has 0 N–H and O–H groups in total. The molecule has 0 saturated carbocycles. The Kier molecular flexibility index (Phi) is 5.21. The van der Waals surface area contributed by atoms with Gasteiger partial charge in [-0.3, -0.25) is 4.79 Å². The Bertz CT molecular complexity index is 457. The lowest BCUT2D eigenvalue weighted by Gasteiger charge is -2.21. The first-order valence-corrected chi connectivity index (χ1v) is 5.43. The molecule has 0 radical (unpaired) electrons. The van der Waals surface area contributed by atoms with Gasteiger partial charge in [0, 0.05) is 0 Å². The van der Waals surface area contributed by atoms with Crippen LogP contribution in [0.1, 0.15) is 6.92 Å². The van der Waals surface area contributed by atoms with Crippen molar-refractivity contribution in [3.8, 4) is 17.9 Å². The maximum absolute atomic E-state index is 11.9. The molecule has 0 saturated heterocycles. The van der Waals surface area contributed by atoms with E-state index in [2.05, 4.69) is 0 Å². The lowest BCUT2D eigenvalue weighted by Crippen LogP contribution is -2.40. The number of carbonyl (C=O) groups excluding carboxylic acids is 1. The molecule has 0 unspecified atom stereocenters. The summed E-state index contributed by atoms with van der Waals surface area (Å²) in [7, 11) is 0. The standard InChI is InChI=1S/C13H13N3O2/c1-11(18-12-5-3-2-4-6-12)13(17)16(9-7-14)10-8-15/h2-6,11H,9-10H2,1H3/t11-/m0/s1. The highest BCUT2D eigenvalue weighted by Gasteiger charge is 2.21. The van der Waals surface area contributed by atoms with E-state index < -0.39 is 6.10 Å². The number of para-hydroxylation sites is 1. The van der Waals surface area contributed by atoms with E-state index in [9.17, 15) is 4.79 Å². The lowest BCUT2D eigenvalue weighted by molar-refractivity contribution is -0.136. The van der Waals surface area contributed by atoms with E-state index in [1.54, 1.807) is 31.2 Å². The topological polar surface area (TPSA) is 77.1 Å². The van der Waals surface area contributed by atoms with Crippen molar-refractivity contribution in [2.24, 2.45) is 0 Å². The third-order valence-corrected chi connectivity index (χ3v) is 2.24. The summed E-state index contributed by atoms with van der Waals surface area (Å²) < 4.78 is 5.44. The second-order valence-electron chi connectivity index (χ2n) is 3.58. The maximum Gasteiger partial charge on any atom is 0.265 e. The van der Waals surface area contributed by atoms with Crippen molar-refractivity contribution < 1.29 is 9.53 Å². The average molecular weight is 243 g/mol. The zero-order valence-electron chi connectivity index (χ0n) is 10.0. The van der Waals surface area contributed by atoms with Crippen LogP contribution in [0, 0.1) is 22.7 Å². The lowest BCUT2D eigenvalue weighted by atomic mass is 10.3. The third-order valence-electron chi connectivity index (χ3n) is 2.24. The molecule has 5 nitrogen and oxygen atoms in total. The van der Waals surface area contributed by atoms with Crippen LogP contribution in [0.25, 0.3) is 0 Å². The summed E-state index contributed by atoms with van der Waals surface area (Å²) in [5.74, 6) is 0.203. The van der Waals surface area contributed by atoms with Gasteiger partial charge in [-0.05, 0) is 19.1 Å². The van der Waals surface area contributed by atoms with E-state index in [-0.39, 0.29) is 19.0 Å². The van der Waals surface area contributed by atoms with Crippen LogP contribution in [0.15, 0.2) is 30.3 Å². The van der Waals surface area contributed by atoms with Gasteiger partial charge in [-0.25, -0.2) is 0 Å². The van der Waals surface area contributed by atoms with Gasteiger partial charge in [0.25, 0.3) is 5.91 Å². The van der Waals surface area contributed by atoms with Gasteiger partial charge in [0.05, 0.1) is 12.1 Å². The number of carbonyl (C=O) groups is 1. The molecule has 0 aromatic heterocycles. The SMILES string of the molecule is C[C@H](Oc1ccccc1)C(=O)N(CC#N)CC#N. The second kappa shape index (κ2) is 6.93. The molecule has 1 atom stereocenters. The molecule has 0 heterocycles. The first-order chi connectivity index (χ1) is 8.69. The highest BCUT2D eigenvalue weighted by Crippen LogP contribution is 2.11. The Morgan fingerprint density at radius 2 is 1.83 bits per heavy atom. The van der Waals surface area contributed by atoms with Gasteiger partial charge in [0.1, 0.15) is 18.8 Å². The molecule has 1 amide bonds.